The van der Waals surface area contributed by atoms with E-state index in [0.29, 0.717) is 98.4 Å². The number of amides is 5. The molecule has 5 amide bonds. The number of nitrogens with two attached hydrogens (primary N) is 1. The average molecular weight is 1040 g/mol. The molecule has 1 unspecified atom stereocenters. The summed E-state index contributed by atoms with van der Waals surface area (Å²) in [5.41, 5.74) is 4.74. The SMILES string of the molecule is CC[C@H](C)[C@@H]([C@@H](CC(=O)N1CCCC1[C@H](OC)[C@@H](C)C(=O)N[C@@H](Cc1ccccc1)C(=O)O)OC)N(C)C(=O)[C@@H](NC(=O)C(C)(C)NC(=O)CCOCCOCCOCCOCCOCCOCCN)C(C)C. The normalized spacial score (nSPS) is 16.8. The first kappa shape index (κ1) is 64.8. The molecule has 21 heteroatoms. The fraction of sp³-hybridized carbons (Fsp3) is 0.769. The summed E-state index contributed by atoms with van der Waals surface area (Å²) in [6.45, 7) is 18.0. The van der Waals surface area contributed by atoms with Crippen LogP contribution in [-0.4, -0.2) is 206 Å². The van der Waals surface area contributed by atoms with E-state index in [1.165, 1.54) is 14.2 Å². The van der Waals surface area contributed by atoms with Crippen LogP contribution in [0.5, 0.6) is 0 Å². The van der Waals surface area contributed by atoms with Gasteiger partial charge in [-0.2, -0.15) is 0 Å². The number of hydrogen-bond donors (Lipinski definition) is 5. The third-order valence-electron chi connectivity index (χ3n) is 13.0. The van der Waals surface area contributed by atoms with Crippen LogP contribution in [0.2, 0.25) is 0 Å². The van der Waals surface area contributed by atoms with Crippen molar-refractivity contribution in [1.29, 1.82) is 0 Å². The van der Waals surface area contributed by atoms with Crippen molar-refractivity contribution in [3.8, 4) is 0 Å². The van der Waals surface area contributed by atoms with Crippen molar-refractivity contribution in [2.75, 3.05) is 114 Å². The Hall–Kier alpha value is -4.32. The number of hydrogen-bond acceptors (Lipinski definition) is 15. The summed E-state index contributed by atoms with van der Waals surface area (Å²) in [6, 6.07) is 5.83. The second kappa shape index (κ2) is 35.8. The molecule has 0 spiro atoms. The summed E-state index contributed by atoms with van der Waals surface area (Å²) in [5.74, 6) is -4.53. The first-order valence-electron chi connectivity index (χ1n) is 25.8. The molecule has 2 rings (SSSR count). The molecule has 6 N–H and O–H groups in total. The highest BCUT2D eigenvalue weighted by molar-refractivity contribution is 5.94. The lowest BCUT2D eigenvalue weighted by Crippen LogP contribution is -2.62. The zero-order valence-electron chi connectivity index (χ0n) is 45.4. The molecule has 1 heterocycles. The molecule has 0 aromatic heterocycles. The van der Waals surface area contributed by atoms with E-state index in [1.807, 2.05) is 33.8 Å². The van der Waals surface area contributed by atoms with Gasteiger partial charge in [-0.1, -0.05) is 71.4 Å². The summed E-state index contributed by atoms with van der Waals surface area (Å²) in [4.78, 5) is 84.5. The number of aliphatic carboxylic acids is 1. The van der Waals surface area contributed by atoms with Gasteiger partial charge in [0.25, 0.3) is 0 Å². The molecule has 1 fully saturated rings. The zero-order valence-corrected chi connectivity index (χ0v) is 45.4. The number of benzene rings is 1. The summed E-state index contributed by atoms with van der Waals surface area (Å²) in [5, 5.41) is 18.3. The van der Waals surface area contributed by atoms with Crippen LogP contribution in [0.1, 0.15) is 86.1 Å². The summed E-state index contributed by atoms with van der Waals surface area (Å²) in [7, 11) is 4.62. The van der Waals surface area contributed by atoms with E-state index in [1.54, 1.807) is 61.9 Å². The first-order valence-corrected chi connectivity index (χ1v) is 25.8. The lowest BCUT2D eigenvalue weighted by molar-refractivity contribution is -0.148. The largest absolute Gasteiger partial charge is 0.480 e. The van der Waals surface area contributed by atoms with Gasteiger partial charge in [0.15, 0.2) is 0 Å². The van der Waals surface area contributed by atoms with Crippen molar-refractivity contribution in [3.05, 3.63) is 35.9 Å². The molecule has 0 bridgehead atoms. The number of nitrogens with one attached hydrogen (secondary N) is 3. The second-order valence-electron chi connectivity index (χ2n) is 19.3. The van der Waals surface area contributed by atoms with Gasteiger partial charge in [-0.25, -0.2) is 4.79 Å². The van der Waals surface area contributed by atoms with E-state index >= 15 is 0 Å². The molecule has 0 aliphatic carbocycles. The third kappa shape index (κ3) is 23.4. The van der Waals surface area contributed by atoms with Crippen LogP contribution >= 0.6 is 0 Å². The smallest absolute Gasteiger partial charge is 0.326 e. The minimum absolute atomic E-state index is 0.00300. The van der Waals surface area contributed by atoms with Crippen LogP contribution in [0.3, 0.4) is 0 Å². The lowest BCUT2D eigenvalue weighted by Gasteiger charge is -2.41. The monoisotopic (exact) mass is 1040 g/mol. The number of carboxylic acids is 1. The Morgan fingerprint density at radius 1 is 0.795 bits per heavy atom. The fourth-order valence-electron chi connectivity index (χ4n) is 8.63. The van der Waals surface area contributed by atoms with Crippen LogP contribution < -0.4 is 21.7 Å². The summed E-state index contributed by atoms with van der Waals surface area (Å²) < 4.78 is 44.6. The van der Waals surface area contributed by atoms with E-state index in [9.17, 15) is 33.9 Å². The van der Waals surface area contributed by atoms with E-state index < -0.39 is 71.5 Å². The van der Waals surface area contributed by atoms with Gasteiger partial charge in [-0.3, -0.25) is 24.0 Å². The molecular formula is C52H90N6O15. The molecule has 1 aliphatic rings. The molecular weight excluding hydrogens is 949 g/mol. The number of methoxy groups -OCH3 is 2. The van der Waals surface area contributed by atoms with Crippen molar-refractivity contribution in [2.24, 2.45) is 23.5 Å². The van der Waals surface area contributed by atoms with Crippen molar-refractivity contribution < 1.29 is 71.8 Å². The van der Waals surface area contributed by atoms with Crippen LogP contribution in [0.4, 0.5) is 0 Å². The molecule has 1 saturated heterocycles. The highest BCUT2D eigenvalue weighted by atomic mass is 16.6. The molecule has 21 nitrogen and oxygen atoms in total. The second-order valence-corrected chi connectivity index (χ2v) is 19.3. The molecule has 1 aromatic carbocycles. The Morgan fingerprint density at radius 2 is 1.33 bits per heavy atom. The van der Waals surface area contributed by atoms with E-state index in [2.05, 4.69) is 16.0 Å². The Labute approximate surface area is 433 Å². The van der Waals surface area contributed by atoms with Crippen LogP contribution in [0.15, 0.2) is 30.3 Å². The molecule has 0 saturated carbocycles. The number of likely N-dealkylation sites (tertiary alicyclic amines) is 1. The molecule has 1 aromatic rings. The number of nitrogens with zero attached hydrogens (tertiary/aromatic N) is 2. The number of rotatable bonds is 40. The Kier molecular flexibility index (Phi) is 31.8. The summed E-state index contributed by atoms with van der Waals surface area (Å²) >= 11 is 0. The van der Waals surface area contributed by atoms with Crippen molar-refractivity contribution in [1.82, 2.24) is 25.8 Å². The van der Waals surface area contributed by atoms with Crippen LogP contribution in [-0.2, 0) is 73.1 Å². The van der Waals surface area contributed by atoms with Gasteiger partial charge in [-0.15, -0.1) is 0 Å². The highest BCUT2D eigenvalue weighted by Gasteiger charge is 2.44. The average Bonchev–Trinajstić information content (AvgIpc) is 3.85. The molecule has 1 aliphatic heterocycles. The van der Waals surface area contributed by atoms with Crippen molar-refractivity contribution in [3.63, 3.8) is 0 Å². The molecule has 73 heavy (non-hydrogen) atoms. The number of ether oxygens (including phenoxy) is 8. The van der Waals surface area contributed by atoms with Gasteiger partial charge in [0.2, 0.25) is 29.5 Å². The van der Waals surface area contributed by atoms with Gasteiger partial charge in [0.05, 0.1) is 116 Å². The Morgan fingerprint density at radius 3 is 1.81 bits per heavy atom. The Balaban J connectivity index is 1.92. The van der Waals surface area contributed by atoms with Crippen LogP contribution in [0, 0.1) is 17.8 Å². The molecule has 418 valence electrons. The standard InChI is InChI=1S/C52H90N6O15/c1-11-37(4)46(42(66-9)35-44(60)58-21-15-18-41(58)47(67-10)38(5)48(61)54-40(50(63)64)34-39-16-13-12-14-17-39)57(8)49(62)45(36(2)3)55-51(65)52(6,7)56-43(59)19-22-68-24-26-70-28-30-72-32-33-73-31-29-71-27-25-69-23-20-53/h12-14,16-17,36-38,40-42,45-47H,11,15,18-35,53H2,1-10H3,(H,54,61)(H,55,65)(H,56,59)(H,63,64)/t37-,38+,40-,41?,42+,45-,46-,47+/m0/s1. The zero-order chi connectivity index (χ0) is 54.3. The fourth-order valence-corrected chi connectivity index (χ4v) is 8.63. The summed E-state index contributed by atoms with van der Waals surface area (Å²) in [6.07, 6.45) is 0.413. The van der Waals surface area contributed by atoms with Gasteiger partial charge >= 0.3 is 5.97 Å². The van der Waals surface area contributed by atoms with Gasteiger partial charge in [-0.05, 0) is 44.1 Å². The predicted molar refractivity (Wildman–Crippen MR) is 273 cm³/mol. The maximum Gasteiger partial charge on any atom is 0.326 e. The van der Waals surface area contributed by atoms with Gasteiger partial charge in [0.1, 0.15) is 17.6 Å². The third-order valence-corrected chi connectivity index (χ3v) is 13.0. The highest BCUT2D eigenvalue weighted by Crippen LogP contribution is 2.30. The number of carboxylic acid groups (broad SMARTS) is 1. The van der Waals surface area contributed by atoms with Crippen molar-refractivity contribution >= 4 is 35.5 Å². The predicted octanol–water partition coefficient (Wildman–Crippen LogP) is 2.20. The molecule has 8 atom stereocenters. The van der Waals surface area contributed by atoms with Crippen LogP contribution in [0.25, 0.3) is 0 Å². The van der Waals surface area contributed by atoms with Gasteiger partial charge in [0, 0.05) is 47.2 Å². The van der Waals surface area contributed by atoms with Crippen molar-refractivity contribution in [2.45, 2.75) is 129 Å². The number of carbonyl (C=O) groups excluding carboxylic acids is 5. The topological polar surface area (TPSA) is 265 Å². The van der Waals surface area contributed by atoms with E-state index in [-0.39, 0.29) is 56.1 Å². The maximum atomic E-state index is 14.5. The minimum Gasteiger partial charge on any atom is -0.480 e. The number of likely N-dealkylation sites (N-methyl/N-ethyl adjacent to an activating group) is 1. The van der Waals surface area contributed by atoms with E-state index in [0.717, 1.165) is 5.56 Å². The quantitative estimate of drug-likeness (QED) is 0.0590. The lowest BCUT2D eigenvalue weighted by atomic mass is 9.89. The number of carbonyl (C=O) groups is 6. The first-order chi connectivity index (χ1) is 34.8. The minimum atomic E-state index is -1.38. The van der Waals surface area contributed by atoms with E-state index in [4.69, 9.17) is 43.6 Å². The Bertz CT molecular complexity index is 1760. The maximum absolute atomic E-state index is 14.5. The molecule has 0 radical (unpaired) electrons. The van der Waals surface area contributed by atoms with Gasteiger partial charge < -0.3 is 74.5 Å².